The van der Waals surface area contributed by atoms with Crippen LogP contribution in [0.1, 0.15) is 165 Å². The zero-order valence-corrected chi connectivity index (χ0v) is 25.3. The van der Waals surface area contributed by atoms with Gasteiger partial charge in [0.25, 0.3) is 0 Å². The van der Waals surface area contributed by atoms with E-state index in [1.807, 2.05) is 0 Å². The number of hydrogen-bond acceptors (Lipinski definition) is 0. The highest BCUT2D eigenvalue weighted by Crippen LogP contribution is 2.77. The summed E-state index contributed by atoms with van der Waals surface area (Å²) in [5.74, 6) is 3.88. The molecule has 5 aliphatic carbocycles. The second-order valence-corrected chi connectivity index (χ2v) is 17.1. The second kappa shape index (κ2) is 8.76. The minimum atomic E-state index is 0.556. The van der Waals surface area contributed by atoms with Gasteiger partial charge in [0.2, 0.25) is 0 Å². The highest BCUT2D eigenvalue weighted by atomic mass is 14.7. The molecule has 0 aromatic rings. The topological polar surface area (TPSA) is 0 Å². The molecule has 202 valence electrons. The van der Waals surface area contributed by atoms with E-state index in [9.17, 15) is 0 Å². The maximum absolute atomic E-state index is 2.84. The Balaban J connectivity index is 1.42. The average molecular weight is 483 g/mol. The molecule has 0 amide bonds. The lowest BCUT2D eigenvalue weighted by molar-refractivity contribution is -0.243. The highest BCUT2D eigenvalue weighted by Gasteiger charge is 2.68. The van der Waals surface area contributed by atoms with Gasteiger partial charge in [0, 0.05) is 0 Å². The Kier molecular flexibility index (Phi) is 6.66. The van der Waals surface area contributed by atoms with Crippen molar-refractivity contribution in [3.8, 4) is 0 Å². The summed E-state index contributed by atoms with van der Waals surface area (Å²) < 4.78 is 0. The zero-order chi connectivity index (χ0) is 25.3. The van der Waals surface area contributed by atoms with Crippen LogP contribution in [-0.4, -0.2) is 0 Å². The predicted octanol–water partition coefficient (Wildman–Crippen LogP) is 11.2. The molecule has 5 rings (SSSR count). The maximum atomic E-state index is 2.84. The fourth-order valence-electron chi connectivity index (χ4n) is 12.5. The van der Waals surface area contributed by atoms with Crippen molar-refractivity contribution >= 4 is 0 Å². The largest absolute Gasteiger partial charge is 0.0654 e. The number of hydrogen-bond donors (Lipinski definition) is 0. The van der Waals surface area contributed by atoms with Gasteiger partial charge in [0.15, 0.2) is 0 Å². The first-order valence-corrected chi connectivity index (χ1v) is 16.3. The van der Waals surface area contributed by atoms with Gasteiger partial charge in [-0.3, -0.25) is 0 Å². The Hall–Kier alpha value is 0. The number of fused-ring (bicyclic) bond motifs is 7. The van der Waals surface area contributed by atoms with Crippen LogP contribution < -0.4 is 0 Å². The third-order valence-electron chi connectivity index (χ3n) is 14.9. The van der Waals surface area contributed by atoms with Gasteiger partial charge in [-0.2, -0.15) is 0 Å². The smallest absolute Gasteiger partial charge is 0.0235 e. The SMILES string of the molecule is CCCCCC[C@]1(C)CC[C@]2(C)CC[C@]3(C)[C@H](CC[C@@H]4[C@@]5(C)CCCC(C)(C)[C@@H]5CC[C@]43C)[C@@H]2C1. The Morgan fingerprint density at radius 2 is 1.34 bits per heavy atom. The van der Waals surface area contributed by atoms with E-state index in [1.165, 1.54) is 89.9 Å². The molecular formula is C35H62. The molecular weight excluding hydrogens is 420 g/mol. The van der Waals surface area contributed by atoms with Gasteiger partial charge in [0.1, 0.15) is 0 Å². The van der Waals surface area contributed by atoms with Gasteiger partial charge < -0.3 is 0 Å². The standard InChI is InChI=1S/C35H62/c1-9-10-11-12-18-31(4)21-22-32(5)23-24-34(7)26(27(32)25-31)14-15-29-33(6)19-13-17-30(2,3)28(33)16-20-35(29,34)8/h26-29H,9-25H2,1-8H3/t26-,27+,28+,29-,31-,32-,33+,34-,35-/m1/s1. The lowest BCUT2D eigenvalue weighted by Crippen LogP contribution is -2.66. The summed E-state index contributed by atoms with van der Waals surface area (Å²) in [7, 11) is 0. The lowest BCUT2D eigenvalue weighted by Gasteiger charge is -2.73. The lowest BCUT2D eigenvalue weighted by atomic mass is 9.31. The van der Waals surface area contributed by atoms with E-state index in [1.54, 1.807) is 19.3 Å². The molecule has 0 aromatic heterocycles. The Morgan fingerprint density at radius 3 is 2.09 bits per heavy atom. The first-order valence-electron chi connectivity index (χ1n) is 16.3. The molecule has 0 aromatic carbocycles. The van der Waals surface area contributed by atoms with Crippen molar-refractivity contribution in [1.29, 1.82) is 0 Å². The molecule has 0 radical (unpaired) electrons. The van der Waals surface area contributed by atoms with Crippen molar-refractivity contribution in [3.05, 3.63) is 0 Å². The van der Waals surface area contributed by atoms with E-state index in [-0.39, 0.29) is 0 Å². The molecule has 0 saturated heterocycles. The minimum Gasteiger partial charge on any atom is -0.0654 e. The van der Waals surface area contributed by atoms with Crippen molar-refractivity contribution < 1.29 is 0 Å². The Morgan fingerprint density at radius 1 is 0.600 bits per heavy atom. The Labute approximate surface area is 220 Å². The highest BCUT2D eigenvalue weighted by molar-refractivity contribution is 5.17. The summed E-state index contributed by atoms with van der Waals surface area (Å²) >= 11 is 0. The van der Waals surface area contributed by atoms with Crippen LogP contribution >= 0.6 is 0 Å². The van der Waals surface area contributed by atoms with Gasteiger partial charge in [0.05, 0.1) is 0 Å². The first-order chi connectivity index (χ1) is 16.3. The van der Waals surface area contributed by atoms with Crippen LogP contribution in [0.3, 0.4) is 0 Å². The van der Waals surface area contributed by atoms with E-state index in [0.717, 1.165) is 23.7 Å². The van der Waals surface area contributed by atoms with Gasteiger partial charge in [-0.25, -0.2) is 0 Å². The van der Waals surface area contributed by atoms with Gasteiger partial charge in [-0.1, -0.05) is 87.5 Å². The average Bonchev–Trinajstić information content (AvgIpc) is 2.78. The predicted molar refractivity (Wildman–Crippen MR) is 152 cm³/mol. The maximum Gasteiger partial charge on any atom is -0.0235 e. The molecule has 5 fully saturated rings. The third kappa shape index (κ3) is 3.94. The fraction of sp³-hybridized carbons (Fsp3) is 1.00. The monoisotopic (exact) mass is 482 g/mol. The van der Waals surface area contributed by atoms with Crippen LogP contribution in [0.4, 0.5) is 0 Å². The normalized spacial score (nSPS) is 53.1. The van der Waals surface area contributed by atoms with Crippen molar-refractivity contribution in [2.75, 3.05) is 0 Å². The molecule has 35 heavy (non-hydrogen) atoms. The van der Waals surface area contributed by atoms with E-state index >= 15 is 0 Å². The summed E-state index contributed by atoms with van der Waals surface area (Å²) in [6, 6.07) is 0. The summed E-state index contributed by atoms with van der Waals surface area (Å²) in [6.07, 6.45) is 25.4. The molecule has 9 atom stereocenters. The van der Waals surface area contributed by atoms with E-state index < -0.39 is 0 Å². The molecule has 5 aliphatic rings. The van der Waals surface area contributed by atoms with Crippen molar-refractivity contribution in [3.63, 3.8) is 0 Å². The fourth-order valence-corrected chi connectivity index (χ4v) is 12.5. The molecule has 0 heteroatoms. The summed E-state index contributed by atoms with van der Waals surface area (Å²) in [5.41, 5.74) is 3.51. The second-order valence-electron chi connectivity index (χ2n) is 17.1. The minimum absolute atomic E-state index is 0.556. The van der Waals surface area contributed by atoms with Crippen LogP contribution in [0.15, 0.2) is 0 Å². The molecule has 0 N–H and O–H groups in total. The molecule has 0 aliphatic heterocycles. The van der Waals surface area contributed by atoms with Gasteiger partial charge in [-0.05, 0) is 133 Å². The quantitative estimate of drug-likeness (QED) is 0.342. The molecule has 0 nitrogen and oxygen atoms in total. The third-order valence-corrected chi connectivity index (χ3v) is 14.9. The summed E-state index contributed by atoms with van der Waals surface area (Å²) in [4.78, 5) is 0. The molecule has 0 unspecified atom stereocenters. The molecule has 0 heterocycles. The molecule has 5 saturated carbocycles. The van der Waals surface area contributed by atoms with Crippen LogP contribution in [0, 0.1) is 56.2 Å². The van der Waals surface area contributed by atoms with Crippen LogP contribution in [0.2, 0.25) is 0 Å². The van der Waals surface area contributed by atoms with Crippen LogP contribution in [-0.2, 0) is 0 Å². The van der Waals surface area contributed by atoms with Crippen molar-refractivity contribution in [2.45, 2.75) is 165 Å². The molecule has 0 spiro atoms. The summed E-state index contributed by atoms with van der Waals surface area (Å²) in [5, 5.41) is 0. The van der Waals surface area contributed by atoms with Crippen LogP contribution in [0.5, 0.6) is 0 Å². The van der Waals surface area contributed by atoms with Crippen molar-refractivity contribution in [2.24, 2.45) is 56.2 Å². The van der Waals surface area contributed by atoms with Crippen molar-refractivity contribution in [1.82, 2.24) is 0 Å². The van der Waals surface area contributed by atoms with E-state index in [2.05, 4.69) is 55.4 Å². The van der Waals surface area contributed by atoms with E-state index in [4.69, 9.17) is 0 Å². The summed E-state index contributed by atoms with van der Waals surface area (Å²) in [6.45, 7) is 21.5. The molecule has 0 bridgehead atoms. The van der Waals surface area contributed by atoms with Gasteiger partial charge in [-0.15, -0.1) is 0 Å². The van der Waals surface area contributed by atoms with E-state index in [0.29, 0.717) is 32.5 Å². The first kappa shape index (κ1) is 26.6. The number of rotatable bonds is 5. The van der Waals surface area contributed by atoms with Gasteiger partial charge >= 0.3 is 0 Å². The Bertz CT molecular complexity index is 779. The number of unbranched alkanes of at least 4 members (excludes halogenated alkanes) is 3. The van der Waals surface area contributed by atoms with Crippen LogP contribution in [0.25, 0.3) is 0 Å². The zero-order valence-electron chi connectivity index (χ0n) is 25.3.